The molecule has 30 heavy (non-hydrogen) atoms. The van der Waals surface area contributed by atoms with E-state index < -0.39 is 0 Å². The third kappa shape index (κ3) is 5.29. The van der Waals surface area contributed by atoms with E-state index in [2.05, 4.69) is 43.6 Å². The van der Waals surface area contributed by atoms with Crippen LogP contribution >= 0.6 is 0 Å². The lowest BCUT2D eigenvalue weighted by Gasteiger charge is -2.35. The Balaban J connectivity index is 1.56. The summed E-state index contributed by atoms with van der Waals surface area (Å²) < 4.78 is 5.92. The van der Waals surface area contributed by atoms with Crippen molar-refractivity contribution in [1.29, 1.82) is 0 Å². The molecule has 0 N–H and O–H groups in total. The first-order valence-electron chi connectivity index (χ1n) is 11.0. The van der Waals surface area contributed by atoms with Crippen LogP contribution in [0.3, 0.4) is 0 Å². The summed E-state index contributed by atoms with van der Waals surface area (Å²) >= 11 is 0. The molecule has 1 unspecified atom stereocenters. The zero-order valence-electron chi connectivity index (χ0n) is 18.9. The van der Waals surface area contributed by atoms with Gasteiger partial charge in [0, 0.05) is 43.9 Å². The van der Waals surface area contributed by atoms with Gasteiger partial charge in [0.05, 0.1) is 0 Å². The van der Waals surface area contributed by atoms with Crippen molar-refractivity contribution in [3.63, 3.8) is 0 Å². The molecule has 2 heterocycles. The van der Waals surface area contributed by atoms with E-state index in [1.165, 1.54) is 0 Å². The topological polar surface area (TPSA) is 58.6 Å². The van der Waals surface area contributed by atoms with Crippen molar-refractivity contribution in [2.75, 3.05) is 37.7 Å². The number of benzene rings is 1. The molecule has 2 aromatic rings. The highest BCUT2D eigenvalue weighted by molar-refractivity contribution is 5.78. The minimum atomic E-state index is 0.0374. The predicted octanol–water partition coefficient (Wildman–Crippen LogP) is 4.15. The summed E-state index contributed by atoms with van der Waals surface area (Å²) in [5.74, 6) is 3.38. The molecule has 0 spiro atoms. The molecule has 0 radical (unpaired) electrons. The highest BCUT2D eigenvalue weighted by atomic mass is 16.5. The molecule has 6 nitrogen and oxygen atoms in total. The Morgan fingerprint density at radius 1 is 1.10 bits per heavy atom. The van der Waals surface area contributed by atoms with Gasteiger partial charge in [0.25, 0.3) is 5.91 Å². The van der Waals surface area contributed by atoms with E-state index in [1.54, 1.807) is 0 Å². The van der Waals surface area contributed by atoms with Gasteiger partial charge in [-0.25, -0.2) is 9.97 Å². The standard InChI is InChI=1S/C24H34N4O2/c1-6-18(4)20-9-7-8-10-21(20)30-16-23(29)28-13-11-27(12-14-28)22-15-19(5)25-24(26-22)17(2)3/h7-10,15,17-18H,6,11-14,16H2,1-5H3. The Hall–Kier alpha value is -2.63. The molecular formula is C24H34N4O2. The van der Waals surface area contributed by atoms with E-state index in [-0.39, 0.29) is 12.5 Å². The van der Waals surface area contributed by atoms with Crippen LogP contribution in [0.2, 0.25) is 0 Å². The van der Waals surface area contributed by atoms with Crippen LogP contribution < -0.4 is 9.64 Å². The van der Waals surface area contributed by atoms with Gasteiger partial charge in [-0.2, -0.15) is 0 Å². The molecule has 3 rings (SSSR count). The molecule has 162 valence electrons. The molecule has 6 heteroatoms. The van der Waals surface area contributed by atoms with Crippen LogP contribution in [0.4, 0.5) is 5.82 Å². The minimum Gasteiger partial charge on any atom is -0.483 e. The Bertz CT molecular complexity index is 860. The third-order valence-corrected chi connectivity index (χ3v) is 5.74. The molecular weight excluding hydrogens is 376 g/mol. The number of piperazine rings is 1. The van der Waals surface area contributed by atoms with Gasteiger partial charge < -0.3 is 14.5 Å². The minimum absolute atomic E-state index is 0.0374. The zero-order valence-corrected chi connectivity index (χ0v) is 18.9. The monoisotopic (exact) mass is 410 g/mol. The van der Waals surface area contributed by atoms with Crippen LogP contribution in [0.1, 0.15) is 63.0 Å². The van der Waals surface area contributed by atoms with Gasteiger partial charge >= 0.3 is 0 Å². The molecule has 1 fully saturated rings. The molecule has 1 aliphatic rings. The highest BCUT2D eigenvalue weighted by Crippen LogP contribution is 2.28. The second-order valence-corrected chi connectivity index (χ2v) is 8.38. The van der Waals surface area contributed by atoms with Gasteiger partial charge in [-0.15, -0.1) is 0 Å². The first-order chi connectivity index (χ1) is 14.4. The number of hydrogen-bond donors (Lipinski definition) is 0. The van der Waals surface area contributed by atoms with Gasteiger partial charge in [0.1, 0.15) is 17.4 Å². The average molecular weight is 411 g/mol. The van der Waals surface area contributed by atoms with Gasteiger partial charge in [0.15, 0.2) is 6.61 Å². The largest absolute Gasteiger partial charge is 0.483 e. The Morgan fingerprint density at radius 3 is 2.47 bits per heavy atom. The molecule has 0 bridgehead atoms. The molecule has 1 aliphatic heterocycles. The van der Waals surface area contributed by atoms with Crippen molar-refractivity contribution < 1.29 is 9.53 Å². The summed E-state index contributed by atoms with van der Waals surface area (Å²) in [5.41, 5.74) is 2.15. The lowest BCUT2D eigenvalue weighted by Crippen LogP contribution is -2.50. The fraction of sp³-hybridized carbons (Fsp3) is 0.542. The summed E-state index contributed by atoms with van der Waals surface area (Å²) in [6, 6.07) is 10.0. The van der Waals surface area contributed by atoms with Crippen LogP contribution in [-0.2, 0) is 4.79 Å². The number of carbonyl (C=O) groups is 1. The molecule has 1 aromatic carbocycles. The van der Waals surface area contributed by atoms with E-state index in [1.807, 2.05) is 36.1 Å². The Labute approximate surface area is 180 Å². The van der Waals surface area contributed by atoms with Gasteiger partial charge in [-0.3, -0.25) is 4.79 Å². The number of rotatable bonds is 7. The average Bonchev–Trinajstić information content (AvgIpc) is 2.76. The van der Waals surface area contributed by atoms with Gasteiger partial charge in [0.2, 0.25) is 0 Å². The highest BCUT2D eigenvalue weighted by Gasteiger charge is 2.23. The fourth-order valence-corrected chi connectivity index (χ4v) is 3.65. The van der Waals surface area contributed by atoms with Crippen molar-refractivity contribution in [2.24, 2.45) is 0 Å². The summed E-state index contributed by atoms with van der Waals surface area (Å²) in [7, 11) is 0. The van der Waals surface area contributed by atoms with Crippen LogP contribution in [0.5, 0.6) is 5.75 Å². The van der Waals surface area contributed by atoms with Crippen LogP contribution in [-0.4, -0.2) is 53.6 Å². The quantitative estimate of drug-likeness (QED) is 0.686. The normalized spacial score (nSPS) is 15.4. The second-order valence-electron chi connectivity index (χ2n) is 8.38. The second kappa shape index (κ2) is 9.92. The van der Waals surface area contributed by atoms with Crippen LogP contribution in [0.25, 0.3) is 0 Å². The maximum Gasteiger partial charge on any atom is 0.260 e. The van der Waals surface area contributed by atoms with Gasteiger partial charge in [-0.1, -0.05) is 45.9 Å². The van der Waals surface area contributed by atoms with Crippen molar-refractivity contribution in [3.05, 3.63) is 47.4 Å². The van der Waals surface area contributed by atoms with Crippen molar-refractivity contribution >= 4 is 11.7 Å². The summed E-state index contributed by atoms with van der Waals surface area (Å²) in [4.78, 5) is 26.1. The molecule has 0 aliphatic carbocycles. The number of para-hydroxylation sites is 1. The van der Waals surface area contributed by atoms with E-state index in [9.17, 15) is 4.79 Å². The Kier molecular flexibility index (Phi) is 7.29. The van der Waals surface area contributed by atoms with Crippen LogP contribution in [0, 0.1) is 6.92 Å². The SMILES string of the molecule is CCC(C)c1ccccc1OCC(=O)N1CCN(c2cc(C)nc(C(C)C)n2)CC1. The molecule has 1 aromatic heterocycles. The lowest BCUT2D eigenvalue weighted by atomic mass is 9.98. The van der Waals surface area contributed by atoms with Crippen molar-refractivity contribution in [2.45, 2.75) is 52.9 Å². The number of hydrogen-bond acceptors (Lipinski definition) is 5. The predicted molar refractivity (Wildman–Crippen MR) is 120 cm³/mol. The zero-order chi connectivity index (χ0) is 21.7. The van der Waals surface area contributed by atoms with E-state index >= 15 is 0 Å². The van der Waals surface area contributed by atoms with Crippen molar-refractivity contribution in [3.8, 4) is 5.75 Å². The number of aromatic nitrogens is 2. The number of nitrogens with zero attached hydrogens (tertiary/aromatic N) is 4. The van der Waals surface area contributed by atoms with Crippen molar-refractivity contribution in [1.82, 2.24) is 14.9 Å². The Morgan fingerprint density at radius 2 is 1.80 bits per heavy atom. The lowest BCUT2D eigenvalue weighted by molar-refractivity contribution is -0.133. The van der Waals surface area contributed by atoms with E-state index in [4.69, 9.17) is 9.72 Å². The van der Waals surface area contributed by atoms with Gasteiger partial charge in [-0.05, 0) is 30.9 Å². The summed E-state index contributed by atoms with van der Waals surface area (Å²) in [5, 5.41) is 0. The van der Waals surface area contributed by atoms with E-state index in [0.717, 1.165) is 48.2 Å². The summed E-state index contributed by atoms with van der Waals surface area (Å²) in [6.45, 7) is 13.5. The molecule has 0 saturated carbocycles. The first kappa shape index (κ1) is 22.1. The maximum absolute atomic E-state index is 12.7. The number of amides is 1. The molecule has 1 saturated heterocycles. The smallest absolute Gasteiger partial charge is 0.260 e. The third-order valence-electron chi connectivity index (χ3n) is 5.74. The van der Waals surface area contributed by atoms with E-state index in [0.29, 0.717) is 24.9 Å². The maximum atomic E-state index is 12.7. The van der Waals surface area contributed by atoms with Crippen LogP contribution in [0.15, 0.2) is 30.3 Å². The summed E-state index contributed by atoms with van der Waals surface area (Å²) in [6.07, 6.45) is 1.04. The number of ether oxygens (including phenoxy) is 1. The number of anilines is 1. The fourth-order valence-electron chi connectivity index (χ4n) is 3.65. The molecule has 1 amide bonds. The number of carbonyl (C=O) groups excluding carboxylic acids is 1. The first-order valence-corrected chi connectivity index (χ1v) is 11.0. The molecule has 1 atom stereocenters. The number of aryl methyl sites for hydroxylation is 1.